The average Bonchev–Trinajstić information content (AvgIpc) is 3.04. The van der Waals surface area contributed by atoms with E-state index in [0.717, 1.165) is 30.2 Å². The first-order valence-corrected chi connectivity index (χ1v) is 7.81. The number of hydrogen-bond acceptors (Lipinski definition) is 4. The lowest BCUT2D eigenvalue weighted by Gasteiger charge is -2.12. The summed E-state index contributed by atoms with van der Waals surface area (Å²) in [6, 6.07) is 6.89. The Labute approximate surface area is 133 Å². The van der Waals surface area contributed by atoms with Crippen LogP contribution in [0, 0.1) is 0 Å². The largest absolute Gasteiger partial charge is 0.484 e. The molecule has 1 atom stereocenters. The third-order valence-corrected chi connectivity index (χ3v) is 3.91. The van der Waals surface area contributed by atoms with Crippen LogP contribution in [-0.2, 0) is 11.2 Å². The number of carbonyl (C=O) groups is 1. The third-order valence-electron chi connectivity index (χ3n) is 3.91. The Balaban J connectivity index is 1.69. The number of fused-ring (bicyclic) bond motifs is 1. The number of benzene rings is 1. The smallest absolute Gasteiger partial charge is 0.336 e. The molecular formula is C18H19NO4. The van der Waals surface area contributed by atoms with Crippen LogP contribution in [0.1, 0.15) is 25.3 Å². The lowest BCUT2D eigenvalue weighted by atomic mass is 10.1. The molecule has 0 spiro atoms. The molecule has 0 saturated carbocycles. The number of carbonyl (C=O) groups excluding carboxylic acids is 1. The van der Waals surface area contributed by atoms with E-state index in [1.807, 2.05) is 19.1 Å². The van der Waals surface area contributed by atoms with E-state index < -0.39 is 0 Å². The molecule has 120 valence electrons. The molecule has 3 rings (SSSR count). The first-order valence-electron chi connectivity index (χ1n) is 7.81. The van der Waals surface area contributed by atoms with E-state index in [0.29, 0.717) is 11.3 Å². The monoisotopic (exact) mass is 313 g/mol. The number of hydrogen-bond donors (Lipinski definition) is 1. The molecule has 1 aromatic heterocycles. The number of allylic oxidation sites excluding steroid dienone is 1. The van der Waals surface area contributed by atoms with Crippen molar-refractivity contribution >= 4 is 16.9 Å². The number of aryl methyl sites for hydroxylation is 1. The second-order valence-electron chi connectivity index (χ2n) is 5.57. The van der Waals surface area contributed by atoms with E-state index in [1.54, 1.807) is 12.1 Å². The van der Waals surface area contributed by atoms with Gasteiger partial charge in [0.1, 0.15) is 11.3 Å². The van der Waals surface area contributed by atoms with Crippen LogP contribution in [0.25, 0.3) is 11.0 Å². The second kappa shape index (κ2) is 6.69. The highest BCUT2D eigenvalue weighted by Gasteiger charge is 2.13. The molecule has 1 aliphatic carbocycles. The van der Waals surface area contributed by atoms with Crippen LogP contribution >= 0.6 is 0 Å². The Morgan fingerprint density at radius 2 is 2.26 bits per heavy atom. The summed E-state index contributed by atoms with van der Waals surface area (Å²) in [6.45, 7) is 1.92. The molecule has 5 nitrogen and oxygen atoms in total. The van der Waals surface area contributed by atoms with Crippen LogP contribution in [0.3, 0.4) is 0 Å². The Hall–Kier alpha value is -2.56. The molecule has 0 aliphatic heterocycles. The fraction of sp³-hybridized carbons (Fsp3) is 0.333. The molecule has 1 N–H and O–H groups in total. The van der Waals surface area contributed by atoms with Gasteiger partial charge in [0.05, 0.1) is 0 Å². The molecule has 0 radical (unpaired) electrons. The van der Waals surface area contributed by atoms with Gasteiger partial charge in [-0.3, -0.25) is 4.79 Å². The minimum absolute atomic E-state index is 0.0620. The first-order chi connectivity index (χ1) is 11.2. The molecule has 23 heavy (non-hydrogen) atoms. The minimum atomic E-state index is -0.378. The molecule has 0 fully saturated rings. The minimum Gasteiger partial charge on any atom is -0.484 e. The van der Waals surface area contributed by atoms with Gasteiger partial charge in [-0.2, -0.15) is 0 Å². The van der Waals surface area contributed by atoms with Gasteiger partial charge in [-0.1, -0.05) is 19.1 Å². The summed E-state index contributed by atoms with van der Waals surface area (Å²) in [5, 5.41) is 3.78. The second-order valence-corrected chi connectivity index (χ2v) is 5.57. The van der Waals surface area contributed by atoms with Crippen LogP contribution in [0.5, 0.6) is 5.75 Å². The van der Waals surface area contributed by atoms with Gasteiger partial charge in [-0.05, 0) is 37.0 Å². The van der Waals surface area contributed by atoms with Crippen LogP contribution in [0.2, 0.25) is 0 Å². The SMILES string of the molecule is CCc1cc(=O)oc2cc(OCC(=O)NC3C=CCC3)ccc12. The summed E-state index contributed by atoms with van der Waals surface area (Å²) in [7, 11) is 0. The van der Waals surface area contributed by atoms with Gasteiger partial charge in [-0.25, -0.2) is 4.79 Å². The van der Waals surface area contributed by atoms with Crippen LogP contribution in [0.4, 0.5) is 0 Å². The van der Waals surface area contributed by atoms with Gasteiger partial charge in [-0.15, -0.1) is 0 Å². The predicted octanol–water partition coefficient (Wildman–Crippen LogP) is 2.57. The van der Waals surface area contributed by atoms with Crippen LogP contribution < -0.4 is 15.7 Å². The van der Waals surface area contributed by atoms with Crippen LogP contribution in [0.15, 0.2) is 45.6 Å². The van der Waals surface area contributed by atoms with Gasteiger partial charge in [0.2, 0.25) is 0 Å². The summed E-state index contributed by atoms with van der Waals surface area (Å²) < 4.78 is 10.7. The summed E-state index contributed by atoms with van der Waals surface area (Å²) in [6.07, 6.45) is 6.74. The molecule has 0 bridgehead atoms. The molecule has 2 aromatic rings. The highest BCUT2D eigenvalue weighted by Crippen LogP contribution is 2.23. The molecule has 1 amide bonds. The Kier molecular flexibility index (Phi) is 4.46. The summed E-state index contributed by atoms with van der Waals surface area (Å²) >= 11 is 0. The maximum atomic E-state index is 11.8. The van der Waals surface area contributed by atoms with Crippen molar-refractivity contribution < 1.29 is 13.9 Å². The molecule has 0 saturated heterocycles. The van der Waals surface area contributed by atoms with E-state index in [4.69, 9.17) is 9.15 Å². The topological polar surface area (TPSA) is 68.5 Å². The Morgan fingerprint density at radius 3 is 3.00 bits per heavy atom. The normalized spacial score (nSPS) is 16.7. The zero-order valence-electron chi connectivity index (χ0n) is 13.0. The van der Waals surface area contributed by atoms with Gasteiger partial charge >= 0.3 is 5.63 Å². The van der Waals surface area contributed by atoms with Crippen molar-refractivity contribution in [1.82, 2.24) is 5.32 Å². The summed E-state index contributed by atoms with van der Waals surface area (Å²) in [5.74, 6) is 0.344. The third kappa shape index (κ3) is 3.62. The van der Waals surface area contributed by atoms with Gasteiger partial charge in [0.25, 0.3) is 5.91 Å². The van der Waals surface area contributed by atoms with Gasteiger partial charge in [0, 0.05) is 23.6 Å². The van der Waals surface area contributed by atoms with E-state index in [9.17, 15) is 9.59 Å². The highest BCUT2D eigenvalue weighted by molar-refractivity contribution is 5.82. The standard InChI is InChI=1S/C18H19NO4/c1-2-12-9-18(21)23-16-10-14(7-8-15(12)16)22-11-17(20)19-13-5-3-4-6-13/h3,5,7-10,13H,2,4,6,11H2,1H3,(H,19,20). The Morgan fingerprint density at radius 1 is 1.39 bits per heavy atom. The van der Waals surface area contributed by atoms with Crippen LogP contribution in [-0.4, -0.2) is 18.6 Å². The number of nitrogens with one attached hydrogen (secondary N) is 1. The van der Waals surface area contributed by atoms with Crippen molar-refractivity contribution in [3.8, 4) is 5.75 Å². The molecule has 1 aromatic carbocycles. The molecule has 1 aliphatic rings. The predicted molar refractivity (Wildman–Crippen MR) is 87.7 cm³/mol. The lowest BCUT2D eigenvalue weighted by molar-refractivity contribution is -0.123. The van der Waals surface area contributed by atoms with Crippen molar-refractivity contribution in [2.24, 2.45) is 0 Å². The van der Waals surface area contributed by atoms with Gasteiger partial charge in [0.15, 0.2) is 6.61 Å². The number of rotatable bonds is 5. The summed E-state index contributed by atoms with van der Waals surface area (Å²) in [4.78, 5) is 23.4. The van der Waals surface area contributed by atoms with Crippen molar-refractivity contribution in [2.45, 2.75) is 32.2 Å². The number of ether oxygens (including phenoxy) is 1. The lowest BCUT2D eigenvalue weighted by Crippen LogP contribution is -2.35. The quantitative estimate of drug-likeness (QED) is 0.680. The van der Waals surface area contributed by atoms with E-state index in [1.165, 1.54) is 6.07 Å². The van der Waals surface area contributed by atoms with Crippen molar-refractivity contribution in [1.29, 1.82) is 0 Å². The Bertz CT molecular complexity index is 806. The van der Waals surface area contributed by atoms with E-state index in [-0.39, 0.29) is 24.2 Å². The summed E-state index contributed by atoms with van der Waals surface area (Å²) in [5.41, 5.74) is 1.04. The maximum absolute atomic E-state index is 11.8. The fourth-order valence-electron chi connectivity index (χ4n) is 2.74. The molecular weight excluding hydrogens is 294 g/mol. The van der Waals surface area contributed by atoms with Crippen molar-refractivity contribution in [2.75, 3.05) is 6.61 Å². The molecule has 1 unspecified atom stereocenters. The fourth-order valence-corrected chi connectivity index (χ4v) is 2.74. The molecule has 1 heterocycles. The zero-order chi connectivity index (χ0) is 16.2. The number of amides is 1. The van der Waals surface area contributed by atoms with Crippen molar-refractivity contribution in [3.05, 3.63) is 52.4 Å². The zero-order valence-corrected chi connectivity index (χ0v) is 13.0. The molecule has 5 heteroatoms. The maximum Gasteiger partial charge on any atom is 0.336 e. The van der Waals surface area contributed by atoms with E-state index >= 15 is 0 Å². The van der Waals surface area contributed by atoms with Gasteiger partial charge < -0.3 is 14.5 Å². The first kappa shape index (κ1) is 15.3. The highest BCUT2D eigenvalue weighted by atomic mass is 16.5. The van der Waals surface area contributed by atoms with Crippen molar-refractivity contribution in [3.63, 3.8) is 0 Å². The average molecular weight is 313 g/mol. The van der Waals surface area contributed by atoms with E-state index in [2.05, 4.69) is 11.4 Å².